The molecule has 0 fully saturated rings. The summed E-state index contributed by atoms with van der Waals surface area (Å²) in [6.07, 6.45) is 1.93. The summed E-state index contributed by atoms with van der Waals surface area (Å²) >= 11 is 2.72. The highest BCUT2D eigenvalue weighted by Gasteiger charge is 2.03. The van der Waals surface area contributed by atoms with Crippen molar-refractivity contribution in [2.24, 2.45) is 0 Å². The first kappa shape index (κ1) is 9.68. The van der Waals surface area contributed by atoms with Gasteiger partial charge in [0.05, 0.1) is 10.9 Å². The highest BCUT2D eigenvalue weighted by molar-refractivity contribution is 8.00. The van der Waals surface area contributed by atoms with Crippen LogP contribution >= 0.6 is 23.1 Å². The molecule has 0 radical (unpaired) electrons. The number of aryl methyl sites for hydroxylation is 1. The third-order valence-corrected chi connectivity index (χ3v) is 3.80. The Bertz CT molecular complexity index is 533. The molecule has 0 amide bonds. The fourth-order valence-corrected chi connectivity index (χ4v) is 2.58. The molecule has 14 heavy (non-hydrogen) atoms. The number of benzene rings is 1. The second-order valence-corrected chi connectivity index (χ2v) is 5.01. The highest BCUT2D eigenvalue weighted by Crippen LogP contribution is 2.19. The summed E-state index contributed by atoms with van der Waals surface area (Å²) in [7, 11) is 0. The molecule has 0 aliphatic rings. The first-order chi connectivity index (χ1) is 6.70. The molecular formula is C10H9NOS2. The van der Waals surface area contributed by atoms with Crippen LogP contribution in [-0.4, -0.2) is 11.2 Å². The molecule has 0 saturated carbocycles. The maximum Gasteiger partial charge on any atom is 0.244 e. The van der Waals surface area contributed by atoms with Gasteiger partial charge in [-0.3, -0.25) is 4.79 Å². The summed E-state index contributed by atoms with van der Waals surface area (Å²) in [6, 6.07) is 5.77. The first-order valence-electron chi connectivity index (χ1n) is 4.16. The van der Waals surface area contributed by atoms with E-state index in [2.05, 4.69) is 4.98 Å². The zero-order chi connectivity index (χ0) is 10.1. The predicted molar refractivity (Wildman–Crippen MR) is 62.4 cm³/mol. The summed E-state index contributed by atoms with van der Waals surface area (Å²) in [5.74, 6) is 0. The molecule has 2 aromatic rings. The van der Waals surface area contributed by atoms with E-state index in [1.165, 1.54) is 23.1 Å². The van der Waals surface area contributed by atoms with Gasteiger partial charge in [-0.1, -0.05) is 34.7 Å². The molecule has 0 N–H and O–H groups in total. The van der Waals surface area contributed by atoms with Gasteiger partial charge in [-0.15, -0.1) is 0 Å². The Labute approximate surface area is 90.0 Å². The fourth-order valence-electron chi connectivity index (χ4n) is 1.25. The minimum atomic E-state index is 0.100. The van der Waals surface area contributed by atoms with Crippen molar-refractivity contribution < 1.29 is 0 Å². The van der Waals surface area contributed by atoms with Crippen LogP contribution in [0.5, 0.6) is 0 Å². The van der Waals surface area contributed by atoms with E-state index in [-0.39, 0.29) is 4.74 Å². The van der Waals surface area contributed by atoms with E-state index in [1.54, 1.807) is 0 Å². The van der Waals surface area contributed by atoms with Gasteiger partial charge in [0.15, 0.2) is 4.34 Å². The lowest BCUT2D eigenvalue weighted by Gasteiger charge is -1.98. The molecule has 0 aliphatic heterocycles. The van der Waals surface area contributed by atoms with Crippen LogP contribution in [0.2, 0.25) is 0 Å². The van der Waals surface area contributed by atoms with E-state index in [1.807, 2.05) is 31.4 Å². The van der Waals surface area contributed by atoms with E-state index in [0.717, 1.165) is 20.8 Å². The van der Waals surface area contributed by atoms with Gasteiger partial charge >= 0.3 is 0 Å². The van der Waals surface area contributed by atoms with Gasteiger partial charge in [0, 0.05) is 0 Å². The molecule has 2 nitrogen and oxygen atoms in total. The molecule has 0 atom stereocenters. The van der Waals surface area contributed by atoms with Crippen LogP contribution in [0.4, 0.5) is 0 Å². The average molecular weight is 223 g/mol. The number of hydrogen-bond acceptors (Lipinski definition) is 4. The summed E-state index contributed by atoms with van der Waals surface area (Å²) in [5.41, 5.74) is 1.89. The van der Waals surface area contributed by atoms with Crippen LogP contribution in [-0.2, 0) is 0 Å². The first-order valence-corrected chi connectivity index (χ1v) is 6.20. The van der Waals surface area contributed by atoms with Crippen molar-refractivity contribution in [3.63, 3.8) is 0 Å². The van der Waals surface area contributed by atoms with E-state index < -0.39 is 0 Å². The highest BCUT2D eigenvalue weighted by atomic mass is 32.2. The second-order valence-electron chi connectivity index (χ2n) is 2.99. The fraction of sp³-hybridized carbons (Fsp3) is 0.200. The molecule has 0 aliphatic carbocycles. The van der Waals surface area contributed by atoms with Gasteiger partial charge in [0.2, 0.25) is 4.74 Å². The van der Waals surface area contributed by atoms with Crippen molar-refractivity contribution in [3.05, 3.63) is 33.3 Å². The van der Waals surface area contributed by atoms with Gasteiger partial charge in [-0.2, -0.15) is 0 Å². The smallest absolute Gasteiger partial charge is 0.244 e. The molecule has 1 aromatic carbocycles. The SMILES string of the molecule is CSc1nc2ccc(C)cc2c(=O)s1. The number of rotatable bonds is 1. The molecule has 72 valence electrons. The molecular weight excluding hydrogens is 214 g/mol. The minimum Gasteiger partial charge on any atom is -0.277 e. The standard InChI is InChI=1S/C10H9NOS2/c1-6-3-4-8-7(5-6)9(12)14-10(11-8)13-2/h3-5H,1-2H3. The summed E-state index contributed by atoms with van der Waals surface area (Å²) in [5, 5.41) is 0.729. The number of thioether (sulfide) groups is 1. The predicted octanol–water partition coefficient (Wildman–Crippen LogP) is 2.69. The van der Waals surface area contributed by atoms with Crippen molar-refractivity contribution >= 4 is 34.0 Å². The van der Waals surface area contributed by atoms with Gasteiger partial charge in [-0.25, -0.2) is 4.98 Å². The largest absolute Gasteiger partial charge is 0.277 e. The average Bonchev–Trinajstić information content (AvgIpc) is 2.19. The van der Waals surface area contributed by atoms with Crippen LogP contribution in [0, 0.1) is 6.92 Å². The van der Waals surface area contributed by atoms with Crippen LogP contribution in [0.15, 0.2) is 27.3 Å². The Kier molecular flexibility index (Phi) is 2.56. The Hall–Kier alpha value is -0.870. The Morgan fingerprint density at radius 3 is 2.93 bits per heavy atom. The lowest BCUT2D eigenvalue weighted by atomic mass is 10.2. The molecule has 0 spiro atoms. The Morgan fingerprint density at radius 1 is 1.43 bits per heavy atom. The van der Waals surface area contributed by atoms with Crippen molar-refractivity contribution in [2.45, 2.75) is 11.3 Å². The molecule has 0 bridgehead atoms. The second kappa shape index (κ2) is 3.71. The van der Waals surface area contributed by atoms with E-state index >= 15 is 0 Å². The van der Waals surface area contributed by atoms with Crippen LogP contribution < -0.4 is 4.74 Å². The monoisotopic (exact) mass is 223 g/mol. The van der Waals surface area contributed by atoms with E-state index in [9.17, 15) is 4.79 Å². The minimum absolute atomic E-state index is 0.100. The van der Waals surface area contributed by atoms with Crippen molar-refractivity contribution in [1.29, 1.82) is 0 Å². The lowest BCUT2D eigenvalue weighted by Crippen LogP contribution is -1.98. The van der Waals surface area contributed by atoms with Gasteiger partial charge in [-0.05, 0) is 25.3 Å². The zero-order valence-corrected chi connectivity index (χ0v) is 9.54. The molecule has 0 saturated heterocycles. The van der Waals surface area contributed by atoms with Gasteiger partial charge in [0.25, 0.3) is 0 Å². The quantitative estimate of drug-likeness (QED) is 0.696. The summed E-state index contributed by atoms with van der Waals surface area (Å²) < 4.78 is 0.925. The number of hydrogen-bond donors (Lipinski definition) is 0. The Balaban J connectivity index is 2.83. The number of fused-ring (bicyclic) bond motifs is 1. The van der Waals surface area contributed by atoms with Crippen LogP contribution in [0.25, 0.3) is 10.9 Å². The lowest BCUT2D eigenvalue weighted by molar-refractivity contribution is 1.28. The number of aromatic nitrogens is 1. The third kappa shape index (κ3) is 1.67. The maximum absolute atomic E-state index is 11.7. The summed E-state index contributed by atoms with van der Waals surface area (Å²) in [4.78, 5) is 16.1. The van der Waals surface area contributed by atoms with Crippen LogP contribution in [0.1, 0.15) is 5.56 Å². The number of nitrogens with zero attached hydrogens (tertiary/aromatic N) is 1. The van der Waals surface area contributed by atoms with Crippen molar-refractivity contribution in [2.75, 3.05) is 6.26 Å². The van der Waals surface area contributed by atoms with E-state index in [4.69, 9.17) is 0 Å². The van der Waals surface area contributed by atoms with Crippen LogP contribution in [0.3, 0.4) is 0 Å². The summed E-state index contributed by atoms with van der Waals surface area (Å²) in [6.45, 7) is 1.98. The topological polar surface area (TPSA) is 30.0 Å². The van der Waals surface area contributed by atoms with Gasteiger partial charge < -0.3 is 0 Å². The van der Waals surface area contributed by atoms with Gasteiger partial charge in [0.1, 0.15) is 0 Å². The van der Waals surface area contributed by atoms with Crippen molar-refractivity contribution in [1.82, 2.24) is 4.98 Å². The molecule has 1 heterocycles. The van der Waals surface area contributed by atoms with Crippen molar-refractivity contribution in [3.8, 4) is 0 Å². The maximum atomic E-state index is 11.7. The molecule has 1 aromatic heterocycles. The molecule has 0 unspecified atom stereocenters. The zero-order valence-electron chi connectivity index (χ0n) is 7.90. The molecule has 4 heteroatoms. The van der Waals surface area contributed by atoms with E-state index in [0.29, 0.717) is 0 Å². The Morgan fingerprint density at radius 2 is 2.21 bits per heavy atom. The normalized spacial score (nSPS) is 10.7. The third-order valence-electron chi connectivity index (χ3n) is 1.94. The molecule has 2 rings (SSSR count).